The van der Waals surface area contributed by atoms with E-state index in [2.05, 4.69) is 47.6 Å². The molecule has 3 unspecified atom stereocenters. The molecule has 3 aliphatic rings. The Balaban J connectivity index is 1.60. The number of unbranched alkanes of at least 4 members (excludes halogenated alkanes) is 3. The highest BCUT2D eigenvalue weighted by molar-refractivity contribution is 5.45. The lowest BCUT2D eigenvalue weighted by Gasteiger charge is -2.41. The Bertz CT molecular complexity index is 1060. The molecule has 4 nitrogen and oxygen atoms in total. The summed E-state index contributed by atoms with van der Waals surface area (Å²) in [5.74, 6) is 0.422. The zero-order valence-corrected chi connectivity index (χ0v) is 33.2. The second kappa shape index (κ2) is 20.2. The standard InChI is InChI=1S/C45H78O4/c1-7-10-24-43(27-16-13-17-28-43)47-36(4)33-39-22-23-42(46)41(35-38(6)49-45(26-12-9-3)31-20-15-21-32-45)40(39)34-37(5)48-44(25-11-8-2)29-18-14-19-30-44/h22-23,36-38,46H,7-21,24-35H2,1-6H3. The molecule has 3 fully saturated rings. The fraction of sp³-hybridized carbons (Fsp3) is 0.867. The second-order valence-electron chi connectivity index (χ2n) is 17.1. The third kappa shape index (κ3) is 12.2. The summed E-state index contributed by atoms with van der Waals surface area (Å²) >= 11 is 0. The maximum atomic E-state index is 11.6. The summed E-state index contributed by atoms with van der Waals surface area (Å²) in [5.41, 5.74) is 3.74. The van der Waals surface area contributed by atoms with Gasteiger partial charge < -0.3 is 19.3 Å². The van der Waals surface area contributed by atoms with Gasteiger partial charge in [-0.3, -0.25) is 0 Å². The molecule has 49 heavy (non-hydrogen) atoms. The molecular formula is C45H78O4. The monoisotopic (exact) mass is 683 g/mol. The topological polar surface area (TPSA) is 47.9 Å². The van der Waals surface area contributed by atoms with E-state index in [0.717, 1.165) is 31.2 Å². The number of phenols is 1. The van der Waals surface area contributed by atoms with Crippen LogP contribution in [0.4, 0.5) is 0 Å². The highest BCUT2D eigenvalue weighted by Gasteiger charge is 2.37. The van der Waals surface area contributed by atoms with E-state index < -0.39 is 0 Å². The third-order valence-corrected chi connectivity index (χ3v) is 12.6. The van der Waals surface area contributed by atoms with E-state index in [-0.39, 0.29) is 35.1 Å². The minimum absolute atomic E-state index is 0.000723. The fourth-order valence-corrected chi connectivity index (χ4v) is 10.1. The van der Waals surface area contributed by atoms with Gasteiger partial charge in [-0.25, -0.2) is 0 Å². The number of rotatable bonds is 21. The van der Waals surface area contributed by atoms with Crippen molar-refractivity contribution in [2.45, 2.75) is 250 Å². The fourth-order valence-electron chi connectivity index (χ4n) is 10.1. The molecule has 282 valence electrons. The Morgan fingerprint density at radius 3 is 1.22 bits per heavy atom. The van der Waals surface area contributed by atoms with Gasteiger partial charge in [0.05, 0.1) is 35.1 Å². The molecule has 0 amide bonds. The van der Waals surface area contributed by atoms with E-state index >= 15 is 0 Å². The summed E-state index contributed by atoms with van der Waals surface area (Å²) in [5, 5.41) is 11.6. The molecule has 1 N–H and O–H groups in total. The first kappa shape index (κ1) is 40.7. The van der Waals surface area contributed by atoms with Crippen LogP contribution in [0.3, 0.4) is 0 Å². The van der Waals surface area contributed by atoms with Gasteiger partial charge in [0, 0.05) is 6.42 Å². The van der Waals surface area contributed by atoms with Crippen LogP contribution in [0.25, 0.3) is 0 Å². The molecule has 0 bridgehead atoms. The normalized spacial score (nSPS) is 22.4. The zero-order valence-electron chi connectivity index (χ0n) is 33.2. The summed E-state index contributed by atoms with van der Waals surface area (Å²) in [4.78, 5) is 0. The maximum Gasteiger partial charge on any atom is 0.119 e. The van der Waals surface area contributed by atoms with Crippen LogP contribution < -0.4 is 0 Å². The van der Waals surface area contributed by atoms with Crippen LogP contribution in [-0.2, 0) is 33.5 Å². The highest BCUT2D eigenvalue weighted by atomic mass is 16.5. The van der Waals surface area contributed by atoms with E-state index in [9.17, 15) is 5.11 Å². The minimum Gasteiger partial charge on any atom is -0.508 e. The predicted octanol–water partition coefficient (Wildman–Crippen LogP) is 12.9. The molecule has 3 saturated carbocycles. The lowest BCUT2D eigenvalue weighted by atomic mass is 9.80. The van der Waals surface area contributed by atoms with Gasteiger partial charge in [0.2, 0.25) is 0 Å². The van der Waals surface area contributed by atoms with Crippen molar-refractivity contribution >= 4 is 0 Å². The van der Waals surface area contributed by atoms with E-state index in [1.54, 1.807) is 0 Å². The molecule has 0 aromatic heterocycles. The van der Waals surface area contributed by atoms with Gasteiger partial charge in [0.25, 0.3) is 0 Å². The van der Waals surface area contributed by atoms with Crippen LogP contribution in [0.2, 0.25) is 0 Å². The van der Waals surface area contributed by atoms with Gasteiger partial charge in [-0.05, 0) is 114 Å². The number of hydrogen-bond acceptors (Lipinski definition) is 4. The van der Waals surface area contributed by atoms with Crippen molar-refractivity contribution in [2.24, 2.45) is 0 Å². The molecule has 4 rings (SSSR count). The van der Waals surface area contributed by atoms with Gasteiger partial charge in [-0.1, -0.05) is 123 Å². The van der Waals surface area contributed by atoms with Gasteiger partial charge >= 0.3 is 0 Å². The first-order valence-corrected chi connectivity index (χ1v) is 21.5. The quantitative estimate of drug-likeness (QED) is 0.140. The summed E-state index contributed by atoms with van der Waals surface area (Å²) in [7, 11) is 0. The summed E-state index contributed by atoms with van der Waals surface area (Å²) in [6.45, 7) is 13.8. The molecular weight excluding hydrogens is 604 g/mol. The molecule has 1 aromatic carbocycles. The van der Waals surface area contributed by atoms with Crippen molar-refractivity contribution < 1.29 is 19.3 Å². The minimum atomic E-state index is -0.000723. The van der Waals surface area contributed by atoms with E-state index in [4.69, 9.17) is 14.2 Å². The van der Waals surface area contributed by atoms with E-state index in [0.29, 0.717) is 5.75 Å². The van der Waals surface area contributed by atoms with Gasteiger partial charge in [-0.15, -0.1) is 0 Å². The van der Waals surface area contributed by atoms with Gasteiger partial charge in [0.1, 0.15) is 5.75 Å². The lowest BCUT2D eigenvalue weighted by Crippen LogP contribution is -2.40. The van der Waals surface area contributed by atoms with Crippen molar-refractivity contribution in [3.63, 3.8) is 0 Å². The van der Waals surface area contributed by atoms with E-state index in [1.165, 1.54) is 159 Å². The van der Waals surface area contributed by atoms with Crippen molar-refractivity contribution in [3.05, 3.63) is 28.8 Å². The molecule has 4 heteroatoms. The largest absolute Gasteiger partial charge is 0.508 e. The molecule has 0 heterocycles. The van der Waals surface area contributed by atoms with Gasteiger partial charge in [0.15, 0.2) is 0 Å². The molecule has 3 atom stereocenters. The van der Waals surface area contributed by atoms with Crippen LogP contribution in [0.15, 0.2) is 12.1 Å². The summed E-state index contributed by atoms with van der Waals surface area (Å²) < 4.78 is 21.4. The average Bonchev–Trinajstić information content (AvgIpc) is 3.09. The number of benzene rings is 1. The van der Waals surface area contributed by atoms with Crippen molar-refractivity contribution in [1.29, 1.82) is 0 Å². The predicted molar refractivity (Wildman–Crippen MR) is 207 cm³/mol. The maximum absolute atomic E-state index is 11.6. The SMILES string of the molecule is CCCCC1(OC(C)Cc2ccc(O)c(CC(C)OC3(CCCC)CCCCC3)c2CC(C)OC2(CCCC)CCCCC2)CCCCC1. The molecule has 1 aromatic rings. The van der Waals surface area contributed by atoms with Crippen LogP contribution in [0.1, 0.15) is 212 Å². The number of phenolic OH excluding ortho intramolecular Hbond substituents is 1. The Hall–Kier alpha value is -1.10. The van der Waals surface area contributed by atoms with E-state index in [1.807, 2.05) is 6.07 Å². The molecule has 3 aliphatic carbocycles. The first-order valence-electron chi connectivity index (χ1n) is 21.5. The molecule has 0 aliphatic heterocycles. The Morgan fingerprint density at radius 1 is 0.510 bits per heavy atom. The van der Waals surface area contributed by atoms with Crippen molar-refractivity contribution in [1.82, 2.24) is 0 Å². The van der Waals surface area contributed by atoms with Crippen LogP contribution >= 0.6 is 0 Å². The number of ether oxygens (including phenoxy) is 3. The Kier molecular flexibility index (Phi) is 16.8. The zero-order chi connectivity index (χ0) is 35.2. The van der Waals surface area contributed by atoms with Crippen molar-refractivity contribution in [3.8, 4) is 5.75 Å². The smallest absolute Gasteiger partial charge is 0.119 e. The average molecular weight is 683 g/mol. The van der Waals surface area contributed by atoms with Crippen LogP contribution in [0.5, 0.6) is 5.75 Å². The first-order chi connectivity index (χ1) is 23.7. The Labute approximate surface area is 303 Å². The number of hydrogen-bond donors (Lipinski definition) is 1. The summed E-state index contributed by atoms with van der Waals surface area (Å²) in [6, 6.07) is 4.16. The second-order valence-corrected chi connectivity index (χ2v) is 17.1. The molecule has 0 spiro atoms. The third-order valence-electron chi connectivity index (χ3n) is 12.6. The lowest BCUT2D eigenvalue weighted by molar-refractivity contribution is -0.115. The van der Waals surface area contributed by atoms with Gasteiger partial charge in [-0.2, -0.15) is 0 Å². The van der Waals surface area contributed by atoms with Crippen LogP contribution in [-0.4, -0.2) is 40.2 Å². The summed E-state index contributed by atoms with van der Waals surface area (Å²) in [6.07, 6.45) is 32.4. The highest BCUT2D eigenvalue weighted by Crippen LogP contribution is 2.41. The molecule has 0 radical (unpaired) electrons. The van der Waals surface area contributed by atoms with Crippen LogP contribution in [0, 0.1) is 0 Å². The molecule has 0 saturated heterocycles. The Morgan fingerprint density at radius 2 is 0.857 bits per heavy atom. The number of aromatic hydroxyl groups is 1. The van der Waals surface area contributed by atoms with Crippen molar-refractivity contribution in [2.75, 3.05) is 0 Å².